The van der Waals surface area contributed by atoms with Gasteiger partial charge in [-0.1, -0.05) is 24.3 Å². The van der Waals surface area contributed by atoms with E-state index in [9.17, 15) is 14.7 Å². The summed E-state index contributed by atoms with van der Waals surface area (Å²) < 4.78 is 10.5. The van der Waals surface area contributed by atoms with Gasteiger partial charge in [-0.15, -0.1) is 0 Å². The molecular formula is C26H21NO6. The quantitative estimate of drug-likeness (QED) is 0.402. The van der Waals surface area contributed by atoms with Gasteiger partial charge in [-0.3, -0.25) is 4.98 Å². The SMILES string of the molecule is COc1ccc(COC(=O)c2ccc3ncc(Cc4ccc(C(=O)O)cc4)c(O)c3c2)cc1. The van der Waals surface area contributed by atoms with Crippen LogP contribution in [0.2, 0.25) is 0 Å². The molecule has 0 saturated heterocycles. The van der Waals surface area contributed by atoms with Crippen LogP contribution < -0.4 is 4.74 Å². The summed E-state index contributed by atoms with van der Waals surface area (Å²) in [6.45, 7) is 0.109. The fraction of sp³-hybridized carbons (Fsp3) is 0.115. The fourth-order valence-corrected chi connectivity index (χ4v) is 3.42. The van der Waals surface area contributed by atoms with Crippen molar-refractivity contribution in [2.45, 2.75) is 13.0 Å². The van der Waals surface area contributed by atoms with Gasteiger partial charge in [0.05, 0.1) is 23.8 Å². The molecule has 4 rings (SSSR count). The molecule has 4 aromatic rings. The van der Waals surface area contributed by atoms with Crippen molar-refractivity contribution in [1.82, 2.24) is 4.98 Å². The van der Waals surface area contributed by atoms with Gasteiger partial charge in [-0.2, -0.15) is 0 Å². The minimum atomic E-state index is -0.997. The first-order valence-electron chi connectivity index (χ1n) is 10.2. The molecule has 0 radical (unpaired) electrons. The number of hydrogen-bond acceptors (Lipinski definition) is 6. The van der Waals surface area contributed by atoms with E-state index in [0.29, 0.717) is 28.5 Å². The van der Waals surface area contributed by atoms with Gasteiger partial charge < -0.3 is 19.7 Å². The summed E-state index contributed by atoms with van der Waals surface area (Å²) in [5, 5.41) is 20.3. The summed E-state index contributed by atoms with van der Waals surface area (Å²) in [7, 11) is 1.58. The lowest BCUT2D eigenvalue weighted by molar-refractivity contribution is 0.0472. The van der Waals surface area contributed by atoms with E-state index < -0.39 is 11.9 Å². The number of ether oxygens (including phenoxy) is 2. The number of esters is 1. The van der Waals surface area contributed by atoms with Crippen LogP contribution in [0.25, 0.3) is 10.9 Å². The topological polar surface area (TPSA) is 106 Å². The van der Waals surface area contributed by atoms with Crippen LogP contribution in [-0.4, -0.2) is 34.2 Å². The van der Waals surface area contributed by atoms with Gasteiger partial charge in [0.25, 0.3) is 0 Å². The van der Waals surface area contributed by atoms with Crippen molar-refractivity contribution < 1.29 is 29.3 Å². The Hall–Kier alpha value is -4.39. The van der Waals surface area contributed by atoms with E-state index in [0.717, 1.165) is 16.9 Å². The predicted molar refractivity (Wildman–Crippen MR) is 122 cm³/mol. The molecule has 0 spiro atoms. The first-order valence-corrected chi connectivity index (χ1v) is 10.2. The van der Waals surface area contributed by atoms with Crippen molar-refractivity contribution in [3.63, 3.8) is 0 Å². The summed E-state index contributed by atoms with van der Waals surface area (Å²) in [5.74, 6) is -0.770. The van der Waals surface area contributed by atoms with Gasteiger partial charge in [0.1, 0.15) is 18.1 Å². The Bertz CT molecular complexity index is 1310. The third-order valence-corrected chi connectivity index (χ3v) is 5.28. The predicted octanol–water partition coefficient (Wildman–Crippen LogP) is 4.60. The van der Waals surface area contributed by atoms with Gasteiger partial charge >= 0.3 is 11.9 Å². The van der Waals surface area contributed by atoms with Gasteiger partial charge in [0.2, 0.25) is 0 Å². The largest absolute Gasteiger partial charge is 0.507 e. The highest BCUT2D eigenvalue weighted by molar-refractivity contribution is 5.96. The Morgan fingerprint density at radius 3 is 2.24 bits per heavy atom. The maximum absolute atomic E-state index is 12.6. The smallest absolute Gasteiger partial charge is 0.338 e. The Morgan fingerprint density at radius 2 is 1.58 bits per heavy atom. The lowest BCUT2D eigenvalue weighted by atomic mass is 10.0. The van der Waals surface area contributed by atoms with Crippen LogP contribution >= 0.6 is 0 Å². The maximum atomic E-state index is 12.6. The average molecular weight is 443 g/mol. The number of methoxy groups -OCH3 is 1. The second-order valence-electron chi connectivity index (χ2n) is 7.47. The highest BCUT2D eigenvalue weighted by Gasteiger charge is 2.14. The van der Waals surface area contributed by atoms with E-state index in [2.05, 4.69) is 4.98 Å². The summed E-state index contributed by atoms with van der Waals surface area (Å²) >= 11 is 0. The van der Waals surface area contributed by atoms with E-state index in [1.54, 1.807) is 55.8 Å². The number of carbonyl (C=O) groups is 2. The number of aromatic hydroxyl groups is 1. The van der Waals surface area contributed by atoms with Crippen LogP contribution in [0, 0.1) is 0 Å². The second kappa shape index (κ2) is 9.40. The van der Waals surface area contributed by atoms with E-state index in [1.807, 2.05) is 12.1 Å². The zero-order valence-electron chi connectivity index (χ0n) is 17.8. The zero-order valence-corrected chi connectivity index (χ0v) is 17.8. The van der Waals surface area contributed by atoms with Crippen molar-refractivity contribution in [2.24, 2.45) is 0 Å². The number of fused-ring (bicyclic) bond motifs is 1. The lowest BCUT2D eigenvalue weighted by Gasteiger charge is -2.10. The monoisotopic (exact) mass is 443 g/mol. The fourth-order valence-electron chi connectivity index (χ4n) is 3.42. The first kappa shape index (κ1) is 21.8. The number of carboxylic acids is 1. The molecule has 33 heavy (non-hydrogen) atoms. The van der Waals surface area contributed by atoms with E-state index in [-0.39, 0.29) is 17.9 Å². The number of nitrogens with zero attached hydrogens (tertiary/aromatic N) is 1. The second-order valence-corrected chi connectivity index (χ2v) is 7.47. The minimum Gasteiger partial charge on any atom is -0.507 e. The van der Waals surface area contributed by atoms with Gasteiger partial charge in [0, 0.05) is 23.6 Å². The summed E-state index contributed by atoms with van der Waals surface area (Å²) in [6, 6.07) is 18.5. The molecular weight excluding hydrogens is 422 g/mol. The molecule has 7 nitrogen and oxygen atoms in total. The van der Waals surface area contributed by atoms with E-state index in [1.165, 1.54) is 12.1 Å². The number of aromatic carboxylic acids is 1. The standard InChI is InChI=1S/C26H21NO6/c1-32-21-9-4-17(5-10-21)15-33-26(31)19-8-11-23-22(13-19)24(28)20(14-27-23)12-16-2-6-18(7-3-16)25(29)30/h2-11,13-14H,12,15H2,1H3,(H,27,28)(H,29,30). The molecule has 2 N–H and O–H groups in total. The number of pyridine rings is 1. The molecule has 0 aliphatic heterocycles. The highest BCUT2D eigenvalue weighted by atomic mass is 16.5. The Labute approximate surface area is 189 Å². The Kier molecular flexibility index (Phi) is 6.22. The first-order chi connectivity index (χ1) is 15.9. The van der Waals surface area contributed by atoms with Crippen LogP contribution in [0.15, 0.2) is 72.9 Å². The summed E-state index contributed by atoms with van der Waals surface area (Å²) in [4.78, 5) is 28.0. The number of carboxylic acid groups (broad SMARTS) is 1. The molecule has 166 valence electrons. The van der Waals surface area contributed by atoms with Crippen molar-refractivity contribution in [2.75, 3.05) is 7.11 Å². The molecule has 3 aromatic carbocycles. The molecule has 0 amide bonds. The molecule has 1 heterocycles. The van der Waals surface area contributed by atoms with Crippen LogP contribution in [0.1, 0.15) is 37.4 Å². The lowest BCUT2D eigenvalue weighted by Crippen LogP contribution is -2.05. The number of aromatic nitrogens is 1. The van der Waals surface area contributed by atoms with Gasteiger partial charge in [-0.25, -0.2) is 9.59 Å². The number of benzene rings is 3. The van der Waals surface area contributed by atoms with Crippen LogP contribution in [0.5, 0.6) is 11.5 Å². The van der Waals surface area contributed by atoms with Crippen molar-refractivity contribution in [3.05, 3.63) is 101 Å². The molecule has 0 aliphatic rings. The third kappa shape index (κ3) is 4.93. The van der Waals surface area contributed by atoms with Gasteiger partial charge in [-0.05, 0) is 53.6 Å². The van der Waals surface area contributed by atoms with E-state index in [4.69, 9.17) is 14.6 Å². The Morgan fingerprint density at radius 1 is 0.909 bits per heavy atom. The summed E-state index contributed by atoms with van der Waals surface area (Å²) in [6.07, 6.45) is 1.94. The number of rotatable bonds is 7. The summed E-state index contributed by atoms with van der Waals surface area (Å²) in [5.41, 5.74) is 3.25. The third-order valence-electron chi connectivity index (χ3n) is 5.28. The molecule has 0 atom stereocenters. The number of carbonyl (C=O) groups excluding carboxylic acids is 1. The van der Waals surface area contributed by atoms with Gasteiger partial charge in [0.15, 0.2) is 0 Å². The van der Waals surface area contributed by atoms with Crippen molar-refractivity contribution in [3.8, 4) is 11.5 Å². The molecule has 0 bridgehead atoms. The zero-order chi connectivity index (χ0) is 23.4. The van der Waals surface area contributed by atoms with E-state index >= 15 is 0 Å². The molecule has 0 saturated carbocycles. The van der Waals surface area contributed by atoms with Crippen molar-refractivity contribution in [1.29, 1.82) is 0 Å². The molecule has 1 aromatic heterocycles. The molecule has 0 fully saturated rings. The van der Waals surface area contributed by atoms with Crippen LogP contribution in [-0.2, 0) is 17.8 Å². The van der Waals surface area contributed by atoms with Crippen LogP contribution in [0.3, 0.4) is 0 Å². The maximum Gasteiger partial charge on any atom is 0.338 e. The van der Waals surface area contributed by atoms with Crippen molar-refractivity contribution >= 4 is 22.8 Å². The highest BCUT2D eigenvalue weighted by Crippen LogP contribution is 2.30. The van der Waals surface area contributed by atoms with Crippen LogP contribution in [0.4, 0.5) is 0 Å². The molecule has 0 unspecified atom stereocenters. The molecule has 0 aliphatic carbocycles. The minimum absolute atomic E-state index is 0.0205. The molecule has 7 heteroatoms. The number of hydrogen-bond donors (Lipinski definition) is 2. The normalized spacial score (nSPS) is 10.7. The average Bonchev–Trinajstić information content (AvgIpc) is 2.84. The Balaban J connectivity index is 1.52.